The third kappa shape index (κ3) is 5.78. The molecule has 0 aliphatic rings. The highest BCUT2D eigenvalue weighted by Crippen LogP contribution is 2.31. The van der Waals surface area contributed by atoms with E-state index in [0.717, 1.165) is 0 Å². The highest BCUT2D eigenvalue weighted by molar-refractivity contribution is 7.89. The van der Waals surface area contributed by atoms with Crippen LogP contribution >= 0.6 is 23.2 Å². The van der Waals surface area contributed by atoms with E-state index in [1.807, 2.05) is 0 Å². The summed E-state index contributed by atoms with van der Waals surface area (Å²) in [6.07, 6.45) is -0.189. The van der Waals surface area contributed by atoms with Gasteiger partial charge in [0.25, 0.3) is 0 Å². The number of halogens is 5. The van der Waals surface area contributed by atoms with Gasteiger partial charge in [0.15, 0.2) is 11.6 Å². The maximum atomic E-state index is 13.8. The van der Waals surface area contributed by atoms with Gasteiger partial charge in [-0.2, -0.15) is 0 Å². The molecule has 0 spiro atoms. The fraction of sp³-hybridized carbons (Fsp3) is 0.143. The lowest BCUT2D eigenvalue weighted by Crippen LogP contribution is -2.38. The number of hydrogen-bond donors (Lipinski definition) is 2. The molecule has 4 nitrogen and oxygen atoms in total. The number of nitrogens with one attached hydrogen (secondary N) is 1. The molecule has 0 aromatic heterocycles. The van der Waals surface area contributed by atoms with Gasteiger partial charge >= 0.3 is 0 Å². The fourth-order valence-electron chi connectivity index (χ4n) is 2.93. The predicted molar refractivity (Wildman–Crippen MR) is 115 cm³/mol. The lowest BCUT2D eigenvalue weighted by atomic mass is 10.1. The monoisotopic (exact) mass is 488 g/mol. The summed E-state index contributed by atoms with van der Waals surface area (Å²) in [4.78, 5) is -0.0257. The molecule has 164 valence electrons. The first-order chi connectivity index (χ1) is 14.6. The van der Waals surface area contributed by atoms with E-state index < -0.39 is 33.5 Å². The number of nitrogens with two attached hydrogens (primary N) is 1. The molecule has 3 rings (SSSR count). The van der Waals surface area contributed by atoms with Crippen LogP contribution in [0.5, 0.6) is 0 Å². The van der Waals surface area contributed by atoms with Gasteiger partial charge in [0.2, 0.25) is 10.0 Å². The molecule has 0 heterocycles. The minimum absolute atomic E-state index is 0.0257. The van der Waals surface area contributed by atoms with E-state index in [2.05, 4.69) is 4.72 Å². The summed E-state index contributed by atoms with van der Waals surface area (Å²) in [5.74, 6) is -3.47. The summed E-state index contributed by atoms with van der Waals surface area (Å²) in [5, 5.41) is 0.816. The molecule has 0 saturated carbocycles. The average Bonchev–Trinajstić information content (AvgIpc) is 2.71. The van der Waals surface area contributed by atoms with Gasteiger partial charge in [-0.25, -0.2) is 26.3 Å². The lowest BCUT2D eigenvalue weighted by Gasteiger charge is -2.15. The highest BCUT2D eigenvalue weighted by Gasteiger charge is 2.18. The Morgan fingerprint density at radius 2 is 1.65 bits per heavy atom. The molecular weight excluding hydrogens is 472 g/mol. The van der Waals surface area contributed by atoms with Crippen molar-refractivity contribution in [2.75, 3.05) is 6.54 Å². The van der Waals surface area contributed by atoms with Gasteiger partial charge in [0.05, 0.1) is 4.90 Å². The molecule has 1 atom stereocenters. The topological polar surface area (TPSA) is 72.2 Å². The van der Waals surface area contributed by atoms with Crippen LogP contribution in [0.15, 0.2) is 59.5 Å². The van der Waals surface area contributed by atoms with Gasteiger partial charge in [-0.15, -0.1) is 0 Å². The molecule has 3 N–H and O–H groups in total. The van der Waals surface area contributed by atoms with E-state index in [9.17, 15) is 21.6 Å². The quantitative estimate of drug-likeness (QED) is 0.463. The van der Waals surface area contributed by atoms with Crippen molar-refractivity contribution in [1.29, 1.82) is 0 Å². The Labute approximate surface area is 187 Å². The summed E-state index contributed by atoms with van der Waals surface area (Å²) in [7, 11) is -3.95. The number of hydrogen-bond acceptors (Lipinski definition) is 3. The van der Waals surface area contributed by atoms with E-state index in [1.54, 1.807) is 30.3 Å². The van der Waals surface area contributed by atoms with Gasteiger partial charge in [0, 0.05) is 34.3 Å². The molecular formula is C21H17Cl2F3N2O2S. The summed E-state index contributed by atoms with van der Waals surface area (Å²) in [5.41, 5.74) is 6.89. The largest absolute Gasteiger partial charge is 0.326 e. The Bertz CT molecular complexity index is 1220. The first-order valence-electron chi connectivity index (χ1n) is 9.01. The van der Waals surface area contributed by atoms with Crippen molar-refractivity contribution in [3.8, 4) is 11.1 Å². The van der Waals surface area contributed by atoms with Gasteiger partial charge in [0.1, 0.15) is 5.82 Å². The number of benzene rings is 3. The maximum absolute atomic E-state index is 13.8. The zero-order valence-electron chi connectivity index (χ0n) is 15.9. The molecule has 0 aliphatic carbocycles. The second-order valence-electron chi connectivity index (χ2n) is 6.83. The van der Waals surface area contributed by atoms with Crippen LogP contribution < -0.4 is 10.5 Å². The Kier molecular flexibility index (Phi) is 7.28. The molecule has 3 aromatic carbocycles. The van der Waals surface area contributed by atoms with Crippen LogP contribution in [-0.2, 0) is 16.4 Å². The third-order valence-electron chi connectivity index (χ3n) is 4.49. The number of sulfonamides is 1. The summed E-state index contributed by atoms with van der Waals surface area (Å²) >= 11 is 12.1. The van der Waals surface area contributed by atoms with Gasteiger partial charge in [-0.3, -0.25) is 0 Å². The normalized spacial score (nSPS) is 12.7. The SMILES string of the molecule is N[C@@H](CNS(=O)(=O)c1cccc(-c2ccc(Cl)cc2Cl)c1)Cc1cc(F)c(F)cc1F. The molecule has 31 heavy (non-hydrogen) atoms. The summed E-state index contributed by atoms with van der Waals surface area (Å²) < 4.78 is 67.8. The van der Waals surface area contributed by atoms with Crippen molar-refractivity contribution in [3.63, 3.8) is 0 Å². The van der Waals surface area contributed by atoms with Gasteiger partial charge < -0.3 is 5.73 Å². The molecule has 0 amide bonds. The highest BCUT2D eigenvalue weighted by atomic mass is 35.5. The molecule has 0 aliphatic heterocycles. The molecule has 0 saturated heterocycles. The van der Waals surface area contributed by atoms with Crippen LogP contribution in [0.4, 0.5) is 13.2 Å². The van der Waals surface area contributed by atoms with Crippen LogP contribution in [0.1, 0.15) is 5.56 Å². The Hall–Kier alpha value is -2.10. The lowest BCUT2D eigenvalue weighted by molar-refractivity contribution is 0.486. The molecule has 0 fully saturated rings. The predicted octanol–water partition coefficient (Wildman–Crippen LogP) is 4.93. The van der Waals surface area contributed by atoms with Crippen molar-refractivity contribution in [2.24, 2.45) is 5.73 Å². The molecule has 3 aromatic rings. The van der Waals surface area contributed by atoms with Crippen LogP contribution in [-0.4, -0.2) is 21.0 Å². The fourth-order valence-corrected chi connectivity index (χ4v) is 4.59. The van der Waals surface area contributed by atoms with E-state index in [0.29, 0.717) is 33.3 Å². The van der Waals surface area contributed by atoms with Crippen molar-refractivity contribution in [3.05, 3.63) is 87.7 Å². The second kappa shape index (κ2) is 9.58. The first kappa shape index (κ1) is 23.6. The average molecular weight is 489 g/mol. The van der Waals surface area contributed by atoms with Crippen molar-refractivity contribution >= 4 is 33.2 Å². The molecule has 10 heteroatoms. The minimum Gasteiger partial charge on any atom is -0.326 e. The Balaban J connectivity index is 1.73. The summed E-state index contributed by atoms with van der Waals surface area (Å²) in [6.45, 7) is -0.243. The molecule has 0 radical (unpaired) electrons. The Morgan fingerprint density at radius 3 is 2.35 bits per heavy atom. The molecule has 0 unspecified atom stereocenters. The zero-order valence-corrected chi connectivity index (χ0v) is 18.2. The zero-order chi connectivity index (χ0) is 22.8. The van der Waals surface area contributed by atoms with E-state index >= 15 is 0 Å². The smallest absolute Gasteiger partial charge is 0.240 e. The van der Waals surface area contributed by atoms with Crippen molar-refractivity contribution in [1.82, 2.24) is 4.72 Å². The van der Waals surface area contributed by atoms with E-state index in [-0.39, 0.29) is 23.4 Å². The van der Waals surface area contributed by atoms with Crippen LogP contribution in [0.3, 0.4) is 0 Å². The van der Waals surface area contributed by atoms with Crippen LogP contribution in [0, 0.1) is 17.5 Å². The minimum atomic E-state index is -3.95. The Morgan fingerprint density at radius 1 is 0.935 bits per heavy atom. The second-order valence-corrected chi connectivity index (χ2v) is 9.44. The standard InChI is InChI=1S/C21H17Cl2F3N2O2S/c22-14-4-5-17(18(23)9-14)12-2-1-3-16(7-12)31(29,30)28-11-15(27)6-13-8-20(25)21(26)10-19(13)24/h1-5,7-10,15,28H,6,11,27H2/t15-/m1/s1. The van der Waals surface area contributed by atoms with Gasteiger partial charge in [-0.05, 0) is 47.9 Å². The van der Waals surface area contributed by atoms with Crippen LogP contribution in [0.2, 0.25) is 10.0 Å². The van der Waals surface area contributed by atoms with Crippen molar-refractivity contribution < 1.29 is 21.6 Å². The number of rotatable bonds is 7. The third-order valence-corrected chi connectivity index (χ3v) is 6.46. The van der Waals surface area contributed by atoms with E-state index in [1.165, 1.54) is 12.1 Å². The van der Waals surface area contributed by atoms with Crippen LogP contribution in [0.25, 0.3) is 11.1 Å². The molecule has 0 bridgehead atoms. The maximum Gasteiger partial charge on any atom is 0.240 e. The van der Waals surface area contributed by atoms with Crippen molar-refractivity contribution in [2.45, 2.75) is 17.4 Å². The first-order valence-corrected chi connectivity index (χ1v) is 11.2. The van der Waals surface area contributed by atoms with E-state index in [4.69, 9.17) is 28.9 Å². The summed E-state index contributed by atoms with van der Waals surface area (Å²) in [6, 6.07) is 11.2. The van der Waals surface area contributed by atoms with Gasteiger partial charge in [-0.1, -0.05) is 41.4 Å².